The summed E-state index contributed by atoms with van der Waals surface area (Å²) in [6.07, 6.45) is 4.16. The van der Waals surface area contributed by atoms with E-state index in [1.165, 1.54) is 18.7 Å². The smallest absolute Gasteiger partial charge is 0.244 e. The van der Waals surface area contributed by atoms with Gasteiger partial charge >= 0.3 is 0 Å². The number of aryl methyl sites for hydroxylation is 1. The average molecular weight is 272 g/mol. The van der Waals surface area contributed by atoms with Crippen LogP contribution in [0, 0.1) is 6.92 Å². The predicted octanol–water partition coefficient (Wildman–Crippen LogP) is 2.58. The third-order valence-electron chi connectivity index (χ3n) is 3.02. The third-order valence-corrected chi connectivity index (χ3v) is 4.64. The summed E-state index contributed by atoms with van der Waals surface area (Å²) >= 11 is 0. The van der Waals surface area contributed by atoms with Crippen molar-refractivity contribution >= 4 is 20.8 Å². The third kappa shape index (κ3) is 2.02. The van der Waals surface area contributed by atoms with E-state index in [0.717, 1.165) is 20.3 Å². The standard InChI is InChI=1S/C14H12N2O2S/c1-11-2-3-12-4-5-14(9-13(12)8-11)19(17,18)16-7-6-15-10-16/h2-10H,1H3. The highest BCUT2D eigenvalue weighted by atomic mass is 32.2. The molecule has 96 valence electrons. The lowest BCUT2D eigenvalue weighted by molar-refractivity contribution is 0.587. The fourth-order valence-electron chi connectivity index (χ4n) is 2.02. The van der Waals surface area contributed by atoms with Crippen LogP contribution in [-0.4, -0.2) is 17.4 Å². The minimum Gasteiger partial charge on any atom is -0.244 e. The van der Waals surface area contributed by atoms with Crippen molar-refractivity contribution in [2.24, 2.45) is 0 Å². The van der Waals surface area contributed by atoms with E-state index in [2.05, 4.69) is 4.98 Å². The topological polar surface area (TPSA) is 52.0 Å². The normalized spacial score (nSPS) is 11.8. The van der Waals surface area contributed by atoms with Crippen LogP contribution in [0.15, 0.2) is 60.0 Å². The fourth-order valence-corrected chi connectivity index (χ4v) is 3.17. The summed E-state index contributed by atoms with van der Waals surface area (Å²) in [6, 6.07) is 11.1. The Hall–Kier alpha value is -2.14. The van der Waals surface area contributed by atoms with Gasteiger partial charge in [-0.3, -0.25) is 0 Å². The predicted molar refractivity (Wildman–Crippen MR) is 73.5 cm³/mol. The van der Waals surface area contributed by atoms with Gasteiger partial charge in [0.15, 0.2) is 0 Å². The van der Waals surface area contributed by atoms with E-state index in [1.807, 2.05) is 31.2 Å². The van der Waals surface area contributed by atoms with Crippen molar-refractivity contribution in [1.29, 1.82) is 0 Å². The van der Waals surface area contributed by atoms with Crippen molar-refractivity contribution < 1.29 is 8.42 Å². The Morgan fingerprint density at radius 1 is 1.05 bits per heavy atom. The molecule has 4 nitrogen and oxygen atoms in total. The summed E-state index contributed by atoms with van der Waals surface area (Å²) in [5.41, 5.74) is 1.10. The number of fused-ring (bicyclic) bond motifs is 1. The number of hydrogen-bond acceptors (Lipinski definition) is 3. The summed E-state index contributed by atoms with van der Waals surface area (Å²) in [4.78, 5) is 4.04. The maximum absolute atomic E-state index is 12.3. The molecule has 0 amide bonds. The lowest BCUT2D eigenvalue weighted by atomic mass is 10.1. The Kier molecular flexibility index (Phi) is 2.64. The molecule has 2 aromatic carbocycles. The number of hydrogen-bond donors (Lipinski definition) is 0. The van der Waals surface area contributed by atoms with Gasteiger partial charge in [0.1, 0.15) is 6.33 Å². The largest absolute Gasteiger partial charge is 0.268 e. The number of nitrogens with zero attached hydrogens (tertiary/aromatic N) is 2. The van der Waals surface area contributed by atoms with E-state index in [0.29, 0.717) is 0 Å². The lowest BCUT2D eigenvalue weighted by Gasteiger charge is -2.06. The second-order valence-electron chi connectivity index (χ2n) is 4.41. The Bertz CT molecular complexity index is 837. The van der Waals surface area contributed by atoms with Crippen LogP contribution in [0.25, 0.3) is 10.8 Å². The molecule has 0 saturated heterocycles. The van der Waals surface area contributed by atoms with Gasteiger partial charge in [0.25, 0.3) is 10.0 Å². The van der Waals surface area contributed by atoms with Crippen molar-refractivity contribution in [1.82, 2.24) is 8.96 Å². The highest BCUT2D eigenvalue weighted by Crippen LogP contribution is 2.21. The lowest BCUT2D eigenvalue weighted by Crippen LogP contribution is -2.10. The first-order valence-corrected chi connectivity index (χ1v) is 7.25. The Balaban J connectivity index is 2.21. The molecule has 0 aliphatic rings. The zero-order valence-electron chi connectivity index (χ0n) is 10.3. The molecule has 0 radical (unpaired) electrons. The van der Waals surface area contributed by atoms with Crippen LogP contribution in [0.3, 0.4) is 0 Å². The molecule has 3 rings (SSSR count). The van der Waals surface area contributed by atoms with Crippen molar-refractivity contribution in [2.75, 3.05) is 0 Å². The van der Waals surface area contributed by atoms with Crippen molar-refractivity contribution in [3.05, 3.63) is 60.7 Å². The highest BCUT2D eigenvalue weighted by molar-refractivity contribution is 7.90. The summed E-state index contributed by atoms with van der Waals surface area (Å²) in [5.74, 6) is 0. The van der Waals surface area contributed by atoms with Crippen LogP contribution in [0.2, 0.25) is 0 Å². The second-order valence-corrected chi connectivity index (χ2v) is 6.25. The molecule has 0 unspecified atom stereocenters. The first-order valence-electron chi connectivity index (χ1n) is 5.81. The second kappa shape index (κ2) is 4.20. The minimum absolute atomic E-state index is 0.267. The zero-order chi connectivity index (χ0) is 13.5. The van der Waals surface area contributed by atoms with Gasteiger partial charge in [0.05, 0.1) is 4.90 Å². The molecule has 1 heterocycles. The van der Waals surface area contributed by atoms with Gasteiger partial charge in [-0.15, -0.1) is 0 Å². The molecule has 0 spiro atoms. The van der Waals surface area contributed by atoms with E-state index in [1.54, 1.807) is 12.1 Å². The SMILES string of the molecule is Cc1ccc2ccc(S(=O)(=O)n3ccnc3)cc2c1. The Labute approximate surface area is 111 Å². The molecule has 0 aliphatic carbocycles. The van der Waals surface area contributed by atoms with Crippen molar-refractivity contribution in [2.45, 2.75) is 11.8 Å². The maximum atomic E-state index is 12.3. The molecular formula is C14H12N2O2S. The zero-order valence-corrected chi connectivity index (χ0v) is 11.1. The molecule has 0 bridgehead atoms. The Morgan fingerprint density at radius 2 is 1.84 bits per heavy atom. The molecule has 0 aliphatic heterocycles. The van der Waals surface area contributed by atoms with Crippen LogP contribution < -0.4 is 0 Å². The number of rotatable bonds is 2. The molecule has 5 heteroatoms. The first kappa shape index (κ1) is 11.9. The molecule has 0 fully saturated rings. The first-order chi connectivity index (χ1) is 9.07. The molecule has 3 aromatic rings. The van der Waals surface area contributed by atoms with Gasteiger partial charge in [0, 0.05) is 12.4 Å². The van der Waals surface area contributed by atoms with Crippen LogP contribution in [-0.2, 0) is 10.0 Å². The molecule has 0 saturated carbocycles. The highest BCUT2D eigenvalue weighted by Gasteiger charge is 2.16. The van der Waals surface area contributed by atoms with E-state index in [9.17, 15) is 8.42 Å². The summed E-state index contributed by atoms with van der Waals surface area (Å²) in [6.45, 7) is 1.98. The van der Waals surface area contributed by atoms with Gasteiger partial charge in [0.2, 0.25) is 0 Å². The van der Waals surface area contributed by atoms with E-state index in [-0.39, 0.29) is 4.90 Å². The van der Waals surface area contributed by atoms with Crippen LogP contribution >= 0.6 is 0 Å². The summed E-state index contributed by atoms with van der Waals surface area (Å²) in [5, 5.41) is 1.94. The summed E-state index contributed by atoms with van der Waals surface area (Å²) in [7, 11) is -3.55. The number of imidazole rings is 1. The molecule has 0 atom stereocenters. The monoisotopic (exact) mass is 272 g/mol. The van der Waals surface area contributed by atoms with Gasteiger partial charge in [-0.2, -0.15) is 0 Å². The molecular weight excluding hydrogens is 260 g/mol. The van der Waals surface area contributed by atoms with Gasteiger partial charge < -0.3 is 0 Å². The molecule has 0 N–H and O–H groups in total. The van der Waals surface area contributed by atoms with E-state index >= 15 is 0 Å². The van der Waals surface area contributed by atoms with Crippen molar-refractivity contribution in [3.8, 4) is 0 Å². The molecule has 1 aromatic heterocycles. The van der Waals surface area contributed by atoms with Crippen LogP contribution in [0.1, 0.15) is 5.56 Å². The minimum atomic E-state index is -3.55. The Morgan fingerprint density at radius 3 is 2.58 bits per heavy atom. The maximum Gasteiger partial charge on any atom is 0.268 e. The van der Waals surface area contributed by atoms with Gasteiger partial charge in [-0.1, -0.05) is 29.8 Å². The van der Waals surface area contributed by atoms with Crippen LogP contribution in [0.5, 0.6) is 0 Å². The van der Waals surface area contributed by atoms with Gasteiger partial charge in [-0.05, 0) is 29.8 Å². The van der Waals surface area contributed by atoms with Gasteiger partial charge in [-0.25, -0.2) is 17.4 Å². The van der Waals surface area contributed by atoms with Crippen molar-refractivity contribution in [3.63, 3.8) is 0 Å². The van der Waals surface area contributed by atoms with E-state index in [4.69, 9.17) is 0 Å². The number of benzene rings is 2. The molecule has 19 heavy (non-hydrogen) atoms. The van der Waals surface area contributed by atoms with Crippen LogP contribution in [0.4, 0.5) is 0 Å². The summed E-state index contributed by atoms with van der Waals surface area (Å²) < 4.78 is 25.8. The average Bonchev–Trinajstić information content (AvgIpc) is 2.92. The van der Waals surface area contributed by atoms with E-state index < -0.39 is 10.0 Å². The fraction of sp³-hybridized carbons (Fsp3) is 0.0714. The number of aromatic nitrogens is 2. The quantitative estimate of drug-likeness (QED) is 0.720.